The van der Waals surface area contributed by atoms with Crippen LogP contribution in [0.4, 0.5) is 0 Å². The van der Waals surface area contributed by atoms with Gasteiger partial charge in [-0.15, -0.1) is 0 Å². The molecule has 1 amide bonds. The molecule has 0 spiro atoms. The van der Waals surface area contributed by atoms with E-state index in [0.717, 1.165) is 19.3 Å². The molecular formula is C12H20N4O2. The van der Waals surface area contributed by atoms with Crippen LogP contribution in [0, 0.1) is 5.41 Å². The molecule has 1 aromatic rings. The van der Waals surface area contributed by atoms with Gasteiger partial charge in [0.05, 0.1) is 6.20 Å². The van der Waals surface area contributed by atoms with Crippen LogP contribution in [-0.2, 0) is 11.8 Å². The third-order valence-electron chi connectivity index (χ3n) is 3.60. The molecule has 0 saturated heterocycles. The van der Waals surface area contributed by atoms with Crippen molar-refractivity contribution in [1.29, 1.82) is 0 Å². The van der Waals surface area contributed by atoms with Gasteiger partial charge in [-0.3, -0.25) is 9.48 Å². The zero-order chi connectivity index (χ0) is 13.2. The number of aryl methyl sites for hydroxylation is 1. The number of carbonyl (C=O) groups excluding carboxylic acids is 1. The normalized spacial score (nSPS) is 18.4. The van der Waals surface area contributed by atoms with Gasteiger partial charge in [0.1, 0.15) is 6.04 Å². The molecule has 1 atom stereocenters. The number of carbonyl (C=O) groups is 1. The molecule has 0 aliphatic heterocycles. The van der Waals surface area contributed by atoms with E-state index in [9.17, 15) is 4.79 Å². The van der Waals surface area contributed by atoms with Gasteiger partial charge in [0.15, 0.2) is 0 Å². The summed E-state index contributed by atoms with van der Waals surface area (Å²) in [6.07, 6.45) is 6.22. The fourth-order valence-electron chi connectivity index (χ4n) is 2.07. The first-order valence-corrected chi connectivity index (χ1v) is 6.19. The summed E-state index contributed by atoms with van der Waals surface area (Å²) in [5.41, 5.74) is 6.68. The summed E-state index contributed by atoms with van der Waals surface area (Å²) < 4.78 is 1.62. The molecule has 1 heterocycles. The summed E-state index contributed by atoms with van der Waals surface area (Å²) in [6.45, 7) is 0.769. The highest BCUT2D eigenvalue weighted by Gasteiger charge is 2.42. The average Bonchev–Trinajstić information content (AvgIpc) is 2.98. The molecule has 4 N–H and O–H groups in total. The number of aliphatic hydroxyl groups excluding tert-OH is 1. The van der Waals surface area contributed by atoms with Crippen LogP contribution in [0.15, 0.2) is 12.4 Å². The highest BCUT2D eigenvalue weighted by atomic mass is 16.3. The molecule has 18 heavy (non-hydrogen) atoms. The van der Waals surface area contributed by atoms with E-state index in [-0.39, 0.29) is 17.9 Å². The Morgan fingerprint density at radius 1 is 1.72 bits per heavy atom. The van der Waals surface area contributed by atoms with Gasteiger partial charge in [0.2, 0.25) is 5.91 Å². The van der Waals surface area contributed by atoms with Crippen molar-refractivity contribution in [1.82, 2.24) is 15.1 Å². The number of aliphatic hydroxyl groups is 1. The number of nitrogens with two attached hydrogens (primary N) is 1. The van der Waals surface area contributed by atoms with Crippen LogP contribution >= 0.6 is 0 Å². The largest absolute Gasteiger partial charge is 0.396 e. The fraction of sp³-hybridized carbons (Fsp3) is 0.667. The minimum absolute atomic E-state index is 0.110. The molecule has 2 rings (SSSR count). The maximum Gasteiger partial charge on any atom is 0.241 e. The van der Waals surface area contributed by atoms with Crippen LogP contribution in [0.2, 0.25) is 0 Å². The molecular weight excluding hydrogens is 232 g/mol. The minimum atomic E-state index is -0.677. The SMILES string of the molecule is Cn1cc(C(N)C(=O)NCC2(CCO)CC2)cn1. The average molecular weight is 252 g/mol. The van der Waals surface area contributed by atoms with E-state index in [1.165, 1.54) is 0 Å². The molecule has 1 aliphatic rings. The van der Waals surface area contributed by atoms with E-state index in [1.54, 1.807) is 24.1 Å². The summed E-state index contributed by atoms with van der Waals surface area (Å²) >= 11 is 0. The lowest BCUT2D eigenvalue weighted by molar-refractivity contribution is -0.122. The summed E-state index contributed by atoms with van der Waals surface area (Å²) in [5.74, 6) is -0.188. The monoisotopic (exact) mass is 252 g/mol. The zero-order valence-electron chi connectivity index (χ0n) is 10.6. The summed E-state index contributed by atoms with van der Waals surface area (Å²) in [5, 5.41) is 15.8. The lowest BCUT2D eigenvalue weighted by Crippen LogP contribution is -2.37. The molecule has 1 unspecified atom stereocenters. The second-order valence-electron chi connectivity index (χ2n) is 5.12. The molecule has 6 heteroatoms. The number of amides is 1. The van der Waals surface area contributed by atoms with Crippen molar-refractivity contribution in [2.24, 2.45) is 18.2 Å². The predicted octanol–water partition coefficient (Wildman–Crippen LogP) is -0.301. The van der Waals surface area contributed by atoms with Gasteiger partial charge in [0.25, 0.3) is 0 Å². The predicted molar refractivity (Wildman–Crippen MR) is 66.5 cm³/mol. The number of nitrogens with one attached hydrogen (secondary N) is 1. The Balaban J connectivity index is 1.85. The molecule has 1 fully saturated rings. The Morgan fingerprint density at radius 3 is 2.94 bits per heavy atom. The Hall–Kier alpha value is -1.40. The first-order chi connectivity index (χ1) is 8.56. The number of rotatable bonds is 6. The van der Waals surface area contributed by atoms with Gasteiger partial charge in [-0.25, -0.2) is 0 Å². The van der Waals surface area contributed by atoms with Gasteiger partial charge in [-0.2, -0.15) is 5.10 Å². The summed E-state index contributed by atoms with van der Waals surface area (Å²) in [4.78, 5) is 11.9. The fourth-order valence-corrected chi connectivity index (χ4v) is 2.07. The van der Waals surface area contributed by atoms with Crippen LogP contribution in [0.3, 0.4) is 0 Å². The van der Waals surface area contributed by atoms with Crippen molar-refractivity contribution in [2.45, 2.75) is 25.3 Å². The topological polar surface area (TPSA) is 93.2 Å². The van der Waals surface area contributed by atoms with Gasteiger partial charge in [-0.1, -0.05) is 0 Å². The minimum Gasteiger partial charge on any atom is -0.396 e. The van der Waals surface area contributed by atoms with Crippen molar-refractivity contribution in [3.8, 4) is 0 Å². The Morgan fingerprint density at radius 2 is 2.44 bits per heavy atom. The van der Waals surface area contributed by atoms with E-state index in [1.807, 2.05) is 0 Å². The van der Waals surface area contributed by atoms with Crippen LogP contribution in [0.5, 0.6) is 0 Å². The van der Waals surface area contributed by atoms with Gasteiger partial charge >= 0.3 is 0 Å². The summed E-state index contributed by atoms with van der Waals surface area (Å²) in [7, 11) is 1.79. The smallest absolute Gasteiger partial charge is 0.241 e. The lowest BCUT2D eigenvalue weighted by atomic mass is 10.0. The molecule has 0 bridgehead atoms. The van der Waals surface area contributed by atoms with E-state index < -0.39 is 6.04 Å². The van der Waals surface area contributed by atoms with Crippen LogP contribution < -0.4 is 11.1 Å². The van der Waals surface area contributed by atoms with E-state index >= 15 is 0 Å². The summed E-state index contributed by atoms with van der Waals surface area (Å²) in [6, 6.07) is -0.677. The van der Waals surface area contributed by atoms with Gasteiger partial charge in [-0.05, 0) is 24.7 Å². The number of aromatic nitrogens is 2. The van der Waals surface area contributed by atoms with Crippen LogP contribution in [0.1, 0.15) is 30.9 Å². The van der Waals surface area contributed by atoms with Crippen molar-refractivity contribution < 1.29 is 9.90 Å². The second kappa shape index (κ2) is 5.07. The zero-order valence-corrected chi connectivity index (χ0v) is 10.6. The van der Waals surface area contributed by atoms with Crippen molar-refractivity contribution in [3.63, 3.8) is 0 Å². The number of hydrogen-bond donors (Lipinski definition) is 3. The highest BCUT2D eigenvalue weighted by Crippen LogP contribution is 2.47. The Labute approximate surface area is 106 Å². The molecule has 1 aliphatic carbocycles. The molecule has 0 radical (unpaired) electrons. The van der Waals surface area contributed by atoms with Gasteiger partial charge in [0, 0.05) is 32.0 Å². The third-order valence-corrected chi connectivity index (χ3v) is 3.60. The highest BCUT2D eigenvalue weighted by molar-refractivity contribution is 5.82. The lowest BCUT2D eigenvalue weighted by Gasteiger charge is -2.16. The molecule has 1 saturated carbocycles. The maximum absolute atomic E-state index is 11.9. The first kappa shape index (κ1) is 13.0. The Kier molecular flexibility index (Phi) is 3.68. The second-order valence-corrected chi connectivity index (χ2v) is 5.12. The number of hydrogen-bond acceptors (Lipinski definition) is 4. The maximum atomic E-state index is 11.9. The van der Waals surface area contributed by atoms with Crippen LogP contribution in [0.25, 0.3) is 0 Å². The van der Waals surface area contributed by atoms with E-state index in [0.29, 0.717) is 12.1 Å². The first-order valence-electron chi connectivity index (χ1n) is 6.19. The molecule has 100 valence electrons. The standard InChI is InChI=1S/C12H20N4O2/c1-16-7-9(6-15-16)10(13)11(18)14-8-12(2-3-12)4-5-17/h6-7,10,17H,2-5,8,13H2,1H3,(H,14,18). The van der Waals surface area contributed by atoms with E-state index in [2.05, 4.69) is 10.4 Å². The van der Waals surface area contributed by atoms with Crippen LogP contribution in [-0.4, -0.2) is 33.9 Å². The van der Waals surface area contributed by atoms with E-state index in [4.69, 9.17) is 10.8 Å². The Bertz CT molecular complexity index is 425. The van der Waals surface area contributed by atoms with Gasteiger partial charge < -0.3 is 16.2 Å². The third kappa shape index (κ3) is 2.88. The molecule has 6 nitrogen and oxygen atoms in total. The van der Waals surface area contributed by atoms with Crippen molar-refractivity contribution >= 4 is 5.91 Å². The van der Waals surface area contributed by atoms with Crippen molar-refractivity contribution in [2.75, 3.05) is 13.2 Å². The molecule has 0 aromatic carbocycles. The molecule has 1 aromatic heterocycles. The number of nitrogens with zero attached hydrogens (tertiary/aromatic N) is 2. The quantitative estimate of drug-likeness (QED) is 0.648. The van der Waals surface area contributed by atoms with Crippen molar-refractivity contribution in [3.05, 3.63) is 18.0 Å².